The molecule has 12 nitrogen and oxygen atoms in total. The fourth-order valence-electron chi connectivity index (χ4n) is 3.81. The number of ether oxygens (including phenoxy) is 2. The number of pyridine rings is 1. The van der Waals surface area contributed by atoms with E-state index in [-0.39, 0.29) is 23.0 Å². The summed E-state index contributed by atoms with van der Waals surface area (Å²) >= 11 is 0. The Hall–Kier alpha value is -4.41. The van der Waals surface area contributed by atoms with Gasteiger partial charge in [-0.3, -0.25) is 14.3 Å². The predicted octanol–water partition coefficient (Wildman–Crippen LogP) is 3.16. The first kappa shape index (κ1) is 26.6. The molecule has 3 heterocycles. The number of nitriles is 1. The van der Waals surface area contributed by atoms with E-state index in [0.29, 0.717) is 28.7 Å². The number of aryl methyl sites for hydroxylation is 1. The molecular weight excluding hydrogens is 512 g/mol. The van der Waals surface area contributed by atoms with Gasteiger partial charge in [0.25, 0.3) is 0 Å². The molecule has 4 aromatic rings. The average Bonchev–Trinajstić information content (AvgIpc) is 3.52. The zero-order valence-electron chi connectivity index (χ0n) is 21.3. The summed E-state index contributed by atoms with van der Waals surface area (Å²) in [5.74, 6) is 1.66. The van der Waals surface area contributed by atoms with Crippen molar-refractivity contribution in [2.24, 2.45) is 0 Å². The van der Waals surface area contributed by atoms with Crippen molar-refractivity contribution < 1.29 is 27.4 Å². The number of hydrogen-bond acceptors (Lipinski definition) is 10. The van der Waals surface area contributed by atoms with E-state index in [9.17, 15) is 13.5 Å². The number of hydrogen-bond donors (Lipinski definition) is 2. The predicted molar refractivity (Wildman–Crippen MR) is 137 cm³/mol. The molecule has 2 N–H and O–H groups in total. The molecule has 0 radical (unpaired) electrons. The van der Waals surface area contributed by atoms with Gasteiger partial charge in [-0.15, -0.1) is 10.2 Å². The van der Waals surface area contributed by atoms with E-state index in [2.05, 4.69) is 19.9 Å². The lowest BCUT2D eigenvalue weighted by atomic mass is 9.97. The molecule has 0 saturated carbocycles. The smallest absolute Gasteiger partial charge is 0.243 e. The molecule has 0 amide bonds. The molecule has 0 fully saturated rings. The van der Waals surface area contributed by atoms with E-state index in [1.54, 1.807) is 37.3 Å². The topological polar surface area (TPSA) is 165 Å². The van der Waals surface area contributed by atoms with Crippen molar-refractivity contribution in [1.29, 1.82) is 5.26 Å². The molecule has 2 atom stereocenters. The largest absolute Gasteiger partial charge is 0.494 e. The number of benzene rings is 1. The fraction of sp³-hybridized carbons (Fsp3) is 0.280. The molecule has 0 saturated heterocycles. The van der Waals surface area contributed by atoms with Crippen LogP contribution in [0.2, 0.25) is 0 Å². The summed E-state index contributed by atoms with van der Waals surface area (Å²) in [6.45, 7) is 4.43. The van der Waals surface area contributed by atoms with E-state index in [1.807, 2.05) is 6.07 Å². The molecule has 0 unspecified atom stereocenters. The summed E-state index contributed by atoms with van der Waals surface area (Å²) < 4.78 is 47.8. The second kappa shape index (κ2) is 10.2. The van der Waals surface area contributed by atoms with Crippen LogP contribution in [0.5, 0.6) is 11.5 Å². The molecule has 0 aliphatic carbocycles. The number of rotatable bonds is 9. The van der Waals surface area contributed by atoms with E-state index in [1.165, 1.54) is 51.0 Å². The Morgan fingerprint density at radius 2 is 1.82 bits per heavy atom. The highest BCUT2D eigenvalue weighted by atomic mass is 32.2. The van der Waals surface area contributed by atoms with Crippen molar-refractivity contribution in [3.63, 3.8) is 0 Å². The highest BCUT2D eigenvalue weighted by molar-refractivity contribution is 7.93. The summed E-state index contributed by atoms with van der Waals surface area (Å²) in [5.41, 5.74) is -1.24. The van der Waals surface area contributed by atoms with Gasteiger partial charge in [-0.05, 0) is 57.2 Å². The molecule has 0 spiro atoms. The van der Waals surface area contributed by atoms with E-state index in [0.717, 1.165) is 0 Å². The van der Waals surface area contributed by atoms with Gasteiger partial charge in [-0.25, -0.2) is 8.42 Å². The normalized spacial score (nSPS) is 13.8. The Morgan fingerprint density at radius 1 is 1.13 bits per heavy atom. The number of furan rings is 1. The van der Waals surface area contributed by atoms with Gasteiger partial charge in [0.05, 0.1) is 25.5 Å². The number of nitrogens with one attached hydrogen (secondary N) is 1. The van der Waals surface area contributed by atoms with Gasteiger partial charge in [-0.1, -0.05) is 6.07 Å². The molecule has 1 aromatic carbocycles. The van der Waals surface area contributed by atoms with Crippen LogP contribution in [-0.4, -0.2) is 52.7 Å². The molecule has 13 heteroatoms. The monoisotopic (exact) mass is 538 g/mol. The summed E-state index contributed by atoms with van der Waals surface area (Å²) in [4.78, 5) is 4.08. The molecule has 0 aliphatic rings. The number of para-hydroxylation sites is 1. The Morgan fingerprint density at radius 3 is 2.34 bits per heavy atom. The third-order valence-electron chi connectivity index (χ3n) is 6.15. The maximum absolute atomic E-state index is 13.6. The number of sulfonamides is 1. The summed E-state index contributed by atoms with van der Waals surface area (Å²) in [6.07, 6.45) is 1.26. The molecule has 38 heavy (non-hydrogen) atoms. The van der Waals surface area contributed by atoms with Gasteiger partial charge in [0, 0.05) is 6.20 Å². The Labute approximate surface area is 219 Å². The second-order valence-electron chi connectivity index (χ2n) is 8.58. The Kier molecular flexibility index (Phi) is 7.12. The maximum Gasteiger partial charge on any atom is 0.243 e. The quantitative estimate of drug-likeness (QED) is 0.323. The minimum absolute atomic E-state index is 0.0778. The van der Waals surface area contributed by atoms with Crippen LogP contribution >= 0.6 is 0 Å². The van der Waals surface area contributed by atoms with Gasteiger partial charge in [0.2, 0.25) is 21.8 Å². The molecule has 4 rings (SSSR count). The van der Waals surface area contributed by atoms with Gasteiger partial charge < -0.3 is 19.0 Å². The van der Waals surface area contributed by atoms with Crippen LogP contribution < -0.4 is 14.2 Å². The van der Waals surface area contributed by atoms with E-state index < -0.39 is 20.9 Å². The van der Waals surface area contributed by atoms with Gasteiger partial charge in [0.15, 0.2) is 5.76 Å². The van der Waals surface area contributed by atoms with Crippen molar-refractivity contribution in [3.05, 3.63) is 65.7 Å². The zero-order valence-corrected chi connectivity index (χ0v) is 22.1. The number of aromatic nitrogens is 4. The van der Waals surface area contributed by atoms with Gasteiger partial charge in [0.1, 0.15) is 39.9 Å². The SMILES string of the molecule is COc1cccc(OC)c1-n1c(NS(=O)(=O)[C@H](C)[C@](C)(O)c2ccc(C#N)cn2)nnc1-c1ccc(C)o1. The molecule has 0 bridgehead atoms. The minimum atomic E-state index is -4.31. The Bertz CT molecular complexity index is 1580. The van der Waals surface area contributed by atoms with Crippen LogP contribution in [0.4, 0.5) is 5.95 Å². The summed E-state index contributed by atoms with van der Waals surface area (Å²) in [7, 11) is -1.38. The molecule has 198 valence electrons. The molecular formula is C25H26N6O6S. The first-order chi connectivity index (χ1) is 18.0. The third-order valence-corrected chi connectivity index (χ3v) is 8.01. The second-order valence-corrected chi connectivity index (χ2v) is 10.6. The lowest BCUT2D eigenvalue weighted by Gasteiger charge is -2.29. The first-order valence-electron chi connectivity index (χ1n) is 11.4. The average molecular weight is 539 g/mol. The number of anilines is 1. The molecule has 0 aliphatic heterocycles. The van der Waals surface area contributed by atoms with Crippen LogP contribution in [0.15, 0.2) is 53.1 Å². The van der Waals surface area contributed by atoms with Crippen molar-refractivity contribution >= 4 is 16.0 Å². The number of nitrogens with zero attached hydrogens (tertiary/aromatic N) is 5. The lowest BCUT2D eigenvalue weighted by molar-refractivity contribution is 0.0521. The fourth-order valence-corrected chi connectivity index (χ4v) is 5.10. The maximum atomic E-state index is 13.6. The van der Waals surface area contributed by atoms with E-state index in [4.69, 9.17) is 19.2 Å². The summed E-state index contributed by atoms with van der Waals surface area (Å²) in [5, 5.41) is 27.1. The van der Waals surface area contributed by atoms with Gasteiger partial charge >= 0.3 is 0 Å². The first-order valence-corrected chi connectivity index (χ1v) is 12.9. The lowest BCUT2D eigenvalue weighted by Crippen LogP contribution is -2.43. The van der Waals surface area contributed by atoms with Crippen LogP contribution in [0.25, 0.3) is 17.3 Å². The highest BCUT2D eigenvalue weighted by Crippen LogP contribution is 2.38. The van der Waals surface area contributed by atoms with Crippen molar-refractivity contribution in [2.75, 3.05) is 18.9 Å². The van der Waals surface area contributed by atoms with Crippen LogP contribution in [0, 0.1) is 18.3 Å². The van der Waals surface area contributed by atoms with Crippen LogP contribution in [0.3, 0.4) is 0 Å². The zero-order chi connectivity index (χ0) is 27.7. The summed E-state index contributed by atoms with van der Waals surface area (Å²) in [6, 6.07) is 13.3. The van der Waals surface area contributed by atoms with Gasteiger partial charge in [-0.2, -0.15) is 5.26 Å². The standard InChI is InChI=1S/C25H26N6O6S/c1-15-9-11-20(37-15)23-28-29-24(31(23)22-18(35-4)7-6-8-19(22)36-5)30-38(33,34)16(2)25(3,32)21-12-10-17(13-26)14-27-21/h6-12,14,16,32H,1-5H3,(H,29,30)/t16-,25+/m1/s1. The molecule has 3 aromatic heterocycles. The van der Waals surface area contributed by atoms with Crippen LogP contribution in [0.1, 0.15) is 30.9 Å². The minimum Gasteiger partial charge on any atom is -0.494 e. The van der Waals surface area contributed by atoms with Crippen LogP contribution in [-0.2, 0) is 15.6 Å². The highest BCUT2D eigenvalue weighted by Gasteiger charge is 2.41. The van der Waals surface area contributed by atoms with E-state index >= 15 is 0 Å². The number of methoxy groups -OCH3 is 2. The Balaban J connectivity index is 1.83. The van der Waals surface area contributed by atoms with Crippen molar-refractivity contribution in [1.82, 2.24) is 19.7 Å². The third kappa shape index (κ3) is 4.79. The number of aliphatic hydroxyl groups is 1. The van der Waals surface area contributed by atoms with Crippen molar-refractivity contribution in [3.8, 4) is 34.8 Å². The van der Waals surface area contributed by atoms with Crippen molar-refractivity contribution in [2.45, 2.75) is 31.6 Å².